The normalized spacial score (nSPS) is 16.9. The van der Waals surface area contributed by atoms with Crippen molar-refractivity contribution in [2.75, 3.05) is 19.6 Å². The summed E-state index contributed by atoms with van der Waals surface area (Å²) in [6.45, 7) is 2.33. The third-order valence-electron chi connectivity index (χ3n) is 4.75. The van der Waals surface area contributed by atoms with Gasteiger partial charge in [0.1, 0.15) is 0 Å². The fraction of sp³-hybridized carbons (Fsp3) is 0.350. The minimum atomic E-state index is 0. The van der Waals surface area contributed by atoms with Crippen LogP contribution in [0.4, 0.5) is 0 Å². The fourth-order valence-electron chi connectivity index (χ4n) is 3.35. The number of hydrogen-bond acceptors (Lipinski definition) is 2. The Morgan fingerprint density at radius 1 is 1.04 bits per heavy atom. The van der Waals surface area contributed by atoms with Crippen LogP contribution in [0.1, 0.15) is 29.9 Å². The molecule has 3 nitrogen and oxygen atoms in total. The summed E-state index contributed by atoms with van der Waals surface area (Å²) in [4.78, 5) is 14.7. The van der Waals surface area contributed by atoms with Crippen LogP contribution in [0, 0.1) is 5.92 Å². The number of likely N-dealkylation sites (tertiary alicyclic amines) is 1. The van der Waals surface area contributed by atoms with Crippen molar-refractivity contribution in [1.29, 1.82) is 0 Å². The number of benzene rings is 2. The van der Waals surface area contributed by atoms with Gasteiger partial charge in [-0.3, -0.25) is 4.79 Å². The first-order valence-electron chi connectivity index (χ1n) is 8.35. The van der Waals surface area contributed by atoms with Gasteiger partial charge in [0.2, 0.25) is 5.91 Å². The lowest BCUT2D eigenvalue weighted by atomic mass is 9.88. The summed E-state index contributed by atoms with van der Waals surface area (Å²) in [6, 6.07) is 20.6. The van der Waals surface area contributed by atoms with E-state index in [2.05, 4.69) is 24.3 Å². The zero-order valence-electron chi connectivity index (χ0n) is 13.8. The molecule has 4 heteroatoms. The van der Waals surface area contributed by atoms with Crippen molar-refractivity contribution in [3.63, 3.8) is 0 Å². The van der Waals surface area contributed by atoms with Crippen molar-refractivity contribution in [2.24, 2.45) is 11.7 Å². The van der Waals surface area contributed by atoms with Crippen LogP contribution in [-0.2, 0) is 4.79 Å². The summed E-state index contributed by atoms with van der Waals surface area (Å²) >= 11 is 0. The highest BCUT2D eigenvalue weighted by atomic mass is 35.5. The van der Waals surface area contributed by atoms with Crippen LogP contribution >= 0.6 is 12.4 Å². The monoisotopic (exact) mass is 344 g/mol. The third kappa shape index (κ3) is 4.37. The SMILES string of the molecule is Cl.NCC1CCN(C(=O)CC(c2ccccc2)c2ccccc2)C1. The number of amides is 1. The molecule has 2 N–H and O–H groups in total. The van der Waals surface area contributed by atoms with Crippen molar-refractivity contribution in [3.8, 4) is 0 Å². The van der Waals surface area contributed by atoms with Gasteiger partial charge < -0.3 is 10.6 Å². The number of carbonyl (C=O) groups excluding carboxylic acids is 1. The first-order chi connectivity index (χ1) is 11.3. The highest BCUT2D eigenvalue weighted by Gasteiger charge is 2.27. The summed E-state index contributed by atoms with van der Waals surface area (Å²) < 4.78 is 0. The van der Waals surface area contributed by atoms with Crippen LogP contribution < -0.4 is 5.73 Å². The van der Waals surface area contributed by atoms with Gasteiger partial charge in [0.05, 0.1) is 0 Å². The van der Waals surface area contributed by atoms with Crippen molar-refractivity contribution >= 4 is 18.3 Å². The lowest BCUT2D eigenvalue weighted by Gasteiger charge is -2.22. The second-order valence-electron chi connectivity index (χ2n) is 6.31. The number of rotatable bonds is 5. The van der Waals surface area contributed by atoms with Crippen molar-refractivity contribution in [1.82, 2.24) is 4.90 Å². The Kier molecular flexibility index (Phi) is 6.83. The first kappa shape index (κ1) is 18.5. The van der Waals surface area contributed by atoms with Gasteiger partial charge in [-0.1, -0.05) is 60.7 Å². The lowest BCUT2D eigenvalue weighted by Crippen LogP contribution is -2.31. The predicted octanol–water partition coefficient (Wildman–Crippen LogP) is 3.44. The van der Waals surface area contributed by atoms with Gasteiger partial charge in [0.25, 0.3) is 0 Å². The standard InChI is InChI=1S/C20H24N2O.ClH/c21-14-16-11-12-22(15-16)20(23)13-19(17-7-3-1-4-8-17)18-9-5-2-6-10-18;/h1-10,16,19H,11-15,21H2;1H. The summed E-state index contributed by atoms with van der Waals surface area (Å²) in [5.41, 5.74) is 8.13. The molecule has 0 spiro atoms. The first-order valence-corrected chi connectivity index (χ1v) is 8.35. The Labute approximate surface area is 150 Å². The molecule has 1 unspecified atom stereocenters. The van der Waals surface area contributed by atoms with Crippen LogP contribution in [0.2, 0.25) is 0 Å². The molecule has 1 saturated heterocycles. The van der Waals surface area contributed by atoms with Gasteiger partial charge in [-0.05, 0) is 30.0 Å². The van der Waals surface area contributed by atoms with Gasteiger partial charge in [-0.2, -0.15) is 0 Å². The molecule has 1 aliphatic heterocycles. The molecule has 3 rings (SSSR count). The zero-order valence-corrected chi connectivity index (χ0v) is 14.6. The molecule has 0 radical (unpaired) electrons. The number of carbonyl (C=O) groups is 1. The van der Waals surface area contributed by atoms with Crippen LogP contribution in [0.15, 0.2) is 60.7 Å². The highest BCUT2D eigenvalue weighted by Crippen LogP contribution is 2.29. The van der Waals surface area contributed by atoms with E-state index in [1.54, 1.807) is 0 Å². The maximum atomic E-state index is 12.7. The average Bonchev–Trinajstić information content (AvgIpc) is 3.10. The van der Waals surface area contributed by atoms with Crippen LogP contribution in [0.25, 0.3) is 0 Å². The van der Waals surface area contributed by atoms with E-state index in [0.29, 0.717) is 18.9 Å². The Morgan fingerprint density at radius 2 is 1.58 bits per heavy atom. The maximum absolute atomic E-state index is 12.7. The molecule has 0 aliphatic carbocycles. The second kappa shape index (κ2) is 8.86. The molecule has 0 saturated carbocycles. The Morgan fingerprint density at radius 3 is 2.04 bits per heavy atom. The zero-order chi connectivity index (χ0) is 16.1. The van der Waals surface area contributed by atoms with Crippen molar-refractivity contribution < 1.29 is 4.79 Å². The molecule has 0 aromatic heterocycles. The second-order valence-corrected chi connectivity index (χ2v) is 6.31. The van der Waals surface area contributed by atoms with Crippen molar-refractivity contribution in [2.45, 2.75) is 18.8 Å². The van der Waals surface area contributed by atoms with Crippen LogP contribution in [-0.4, -0.2) is 30.4 Å². The van der Waals surface area contributed by atoms with E-state index >= 15 is 0 Å². The van der Waals surface area contributed by atoms with E-state index < -0.39 is 0 Å². The number of nitrogens with zero attached hydrogens (tertiary/aromatic N) is 1. The molecule has 1 aliphatic rings. The van der Waals surface area contributed by atoms with Gasteiger partial charge in [-0.15, -0.1) is 12.4 Å². The Hall–Kier alpha value is -1.84. The highest BCUT2D eigenvalue weighted by molar-refractivity contribution is 5.85. The molecule has 1 heterocycles. The molecule has 24 heavy (non-hydrogen) atoms. The molecule has 128 valence electrons. The van der Waals surface area contributed by atoms with E-state index in [1.807, 2.05) is 41.3 Å². The quantitative estimate of drug-likeness (QED) is 0.903. The predicted molar refractivity (Wildman–Crippen MR) is 100 cm³/mol. The summed E-state index contributed by atoms with van der Waals surface area (Å²) in [7, 11) is 0. The minimum absolute atomic E-state index is 0. The summed E-state index contributed by atoms with van der Waals surface area (Å²) in [5.74, 6) is 0.811. The van der Waals surface area contributed by atoms with Crippen molar-refractivity contribution in [3.05, 3.63) is 71.8 Å². The number of hydrogen-bond donors (Lipinski definition) is 1. The van der Waals surface area contributed by atoms with Gasteiger partial charge in [0.15, 0.2) is 0 Å². The third-order valence-corrected chi connectivity index (χ3v) is 4.75. The van der Waals surface area contributed by atoms with Crippen LogP contribution in [0.5, 0.6) is 0 Å². The van der Waals surface area contributed by atoms with E-state index in [9.17, 15) is 4.79 Å². The number of nitrogens with two attached hydrogens (primary N) is 1. The topological polar surface area (TPSA) is 46.3 Å². The van der Waals surface area contributed by atoms with E-state index in [-0.39, 0.29) is 24.2 Å². The molecular weight excluding hydrogens is 320 g/mol. The lowest BCUT2D eigenvalue weighted by molar-refractivity contribution is -0.130. The Bertz CT molecular complexity index is 593. The smallest absolute Gasteiger partial charge is 0.223 e. The number of halogens is 1. The van der Waals surface area contributed by atoms with Gasteiger partial charge in [0, 0.05) is 25.4 Å². The van der Waals surface area contributed by atoms with E-state index in [4.69, 9.17) is 5.73 Å². The molecule has 1 amide bonds. The van der Waals surface area contributed by atoms with Gasteiger partial charge in [-0.25, -0.2) is 0 Å². The van der Waals surface area contributed by atoms with Gasteiger partial charge >= 0.3 is 0 Å². The molecule has 1 atom stereocenters. The molecule has 1 fully saturated rings. The van der Waals surface area contributed by atoms with E-state index in [0.717, 1.165) is 19.5 Å². The van der Waals surface area contributed by atoms with Crippen LogP contribution in [0.3, 0.4) is 0 Å². The minimum Gasteiger partial charge on any atom is -0.342 e. The molecular formula is C20H25ClN2O. The average molecular weight is 345 g/mol. The summed E-state index contributed by atoms with van der Waals surface area (Å²) in [6.07, 6.45) is 1.55. The fourth-order valence-corrected chi connectivity index (χ4v) is 3.35. The van der Waals surface area contributed by atoms with E-state index in [1.165, 1.54) is 11.1 Å². The maximum Gasteiger partial charge on any atom is 0.223 e. The molecule has 0 bridgehead atoms. The summed E-state index contributed by atoms with van der Waals surface area (Å²) in [5, 5.41) is 0. The largest absolute Gasteiger partial charge is 0.342 e. The molecule has 2 aromatic carbocycles. The Balaban J connectivity index is 0.00000208. The molecule has 2 aromatic rings.